The quantitative estimate of drug-likeness (QED) is 0.681. The van der Waals surface area contributed by atoms with Crippen LogP contribution >= 0.6 is 0 Å². The molecule has 0 aliphatic heterocycles. The Kier molecular flexibility index (Phi) is 4.33. The van der Waals surface area contributed by atoms with Crippen molar-refractivity contribution in [2.24, 2.45) is 5.92 Å². The van der Waals surface area contributed by atoms with Crippen LogP contribution in [0.25, 0.3) is 0 Å². The Balaban J connectivity index is 2.48. The van der Waals surface area contributed by atoms with Gasteiger partial charge in [0.2, 0.25) is 0 Å². The first-order valence-electron chi connectivity index (χ1n) is 8.27. The van der Waals surface area contributed by atoms with Gasteiger partial charge in [-0.2, -0.15) is 0 Å². The number of aldehydes is 1. The largest absolute Gasteiger partial charge is 0.303 e. The summed E-state index contributed by atoms with van der Waals surface area (Å²) in [6.07, 6.45) is 4.51. The minimum Gasteiger partial charge on any atom is -0.303 e. The molecule has 116 valence electrons. The van der Waals surface area contributed by atoms with E-state index in [2.05, 4.69) is 59.7 Å². The van der Waals surface area contributed by atoms with Gasteiger partial charge in [0.05, 0.1) is 0 Å². The van der Waals surface area contributed by atoms with Crippen LogP contribution in [0.4, 0.5) is 0 Å². The number of hydrogen-bond acceptors (Lipinski definition) is 1. The Bertz CT molecular complexity index is 523. The first kappa shape index (κ1) is 16.3. The Labute approximate surface area is 130 Å². The van der Waals surface area contributed by atoms with Crippen molar-refractivity contribution < 1.29 is 4.79 Å². The third-order valence-electron chi connectivity index (χ3n) is 5.19. The molecule has 0 bridgehead atoms. The van der Waals surface area contributed by atoms with E-state index in [-0.39, 0.29) is 16.7 Å². The summed E-state index contributed by atoms with van der Waals surface area (Å²) in [5.41, 5.74) is 4.58. The van der Waals surface area contributed by atoms with Gasteiger partial charge >= 0.3 is 0 Å². The molecule has 2 rings (SSSR count). The van der Waals surface area contributed by atoms with Gasteiger partial charge < -0.3 is 4.79 Å². The second-order valence-electron chi connectivity index (χ2n) is 8.44. The highest BCUT2D eigenvalue weighted by atomic mass is 16.1. The summed E-state index contributed by atoms with van der Waals surface area (Å²) in [5, 5.41) is 0. The third kappa shape index (κ3) is 3.22. The molecule has 0 heterocycles. The van der Waals surface area contributed by atoms with E-state index >= 15 is 0 Å². The molecular formula is C20H30O. The van der Waals surface area contributed by atoms with Crippen LogP contribution in [0.5, 0.6) is 0 Å². The first-order chi connectivity index (χ1) is 9.67. The Hall–Kier alpha value is -1.11. The van der Waals surface area contributed by atoms with Gasteiger partial charge in [0.1, 0.15) is 6.29 Å². The fourth-order valence-corrected chi connectivity index (χ4v) is 3.62. The van der Waals surface area contributed by atoms with Gasteiger partial charge in [0.25, 0.3) is 0 Å². The van der Waals surface area contributed by atoms with Crippen molar-refractivity contribution in [2.45, 2.75) is 77.6 Å². The summed E-state index contributed by atoms with van der Waals surface area (Å²) in [7, 11) is 0. The molecule has 1 aromatic rings. The standard InChI is InChI=1S/C20H30O/c1-14(2)11-16(13-21)15-7-8-17-18(12-15)20(5,6)10-9-19(17,3)4/h7-8,12-14,16H,9-11H2,1-6H3/t16-/m1/s1. The van der Waals surface area contributed by atoms with E-state index in [4.69, 9.17) is 0 Å². The van der Waals surface area contributed by atoms with Crippen molar-refractivity contribution in [1.29, 1.82) is 0 Å². The van der Waals surface area contributed by atoms with Crippen molar-refractivity contribution in [3.8, 4) is 0 Å². The van der Waals surface area contributed by atoms with E-state index in [0.29, 0.717) is 5.92 Å². The van der Waals surface area contributed by atoms with Crippen LogP contribution in [-0.4, -0.2) is 6.29 Å². The molecule has 0 fully saturated rings. The average Bonchev–Trinajstić information content (AvgIpc) is 2.41. The lowest BCUT2D eigenvalue weighted by Gasteiger charge is -2.42. The molecule has 0 amide bonds. The Morgan fingerprint density at radius 3 is 2.14 bits per heavy atom. The second-order valence-corrected chi connectivity index (χ2v) is 8.44. The number of hydrogen-bond donors (Lipinski definition) is 0. The van der Waals surface area contributed by atoms with Crippen molar-refractivity contribution in [3.63, 3.8) is 0 Å². The molecule has 1 aromatic carbocycles. The second kappa shape index (κ2) is 5.59. The van der Waals surface area contributed by atoms with Crippen LogP contribution in [0.3, 0.4) is 0 Å². The molecule has 1 aliphatic rings. The van der Waals surface area contributed by atoms with E-state index in [1.807, 2.05) is 0 Å². The minimum absolute atomic E-state index is 0.0381. The summed E-state index contributed by atoms with van der Waals surface area (Å²) < 4.78 is 0. The highest BCUT2D eigenvalue weighted by molar-refractivity contribution is 5.63. The molecule has 0 N–H and O–H groups in total. The molecule has 0 unspecified atom stereocenters. The zero-order valence-corrected chi connectivity index (χ0v) is 14.5. The van der Waals surface area contributed by atoms with E-state index < -0.39 is 0 Å². The monoisotopic (exact) mass is 286 g/mol. The highest BCUT2D eigenvalue weighted by Gasteiger charge is 2.37. The maximum atomic E-state index is 11.5. The van der Waals surface area contributed by atoms with Crippen molar-refractivity contribution in [3.05, 3.63) is 34.9 Å². The van der Waals surface area contributed by atoms with Crippen molar-refractivity contribution >= 4 is 6.29 Å². The van der Waals surface area contributed by atoms with Crippen molar-refractivity contribution in [1.82, 2.24) is 0 Å². The molecule has 0 aromatic heterocycles. The highest BCUT2D eigenvalue weighted by Crippen LogP contribution is 2.46. The van der Waals surface area contributed by atoms with Crippen LogP contribution in [0.15, 0.2) is 18.2 Å². The molecule has 0 saturated carbocycles. The number of carbonyl (C=O) groups excluding carboxylic acids is 1. The maximum absolute atomic E-state index is 11.5. The Morgan fingerprint density at radius 1 is 1.05 bits per heavy atom. The molecule has 0 radical (unpaired) electrons. The molecule has 1 heteroatoms. The summed E-state index contributed by atoms with van der Waals surface area (Å²) in [6.45, 7) is 13.7. The molecule has 0 spiro atoms. The van der Waals surface area contributed by atoms with E-state index in [0.717, 1.165) is 12.7 Å². The molecule has 21 heavy (non-hydrogen) atoms. The summed E-state index contributed by atoms with van der Waals surface area (Å²) in [5.74, 6) is 0.580. The fourth-order valence-electron chi connectivity index (χ4n) is 3.62. The van der Waals surface area contributed by atoms with Gasteiger partial charge in [-0.3, -0.25) is 0 Å². The molecule has 1 aliphatic carbocycles. The lowest BCUT2D eigenvalue weighted by molar-refractivity contribution is -0.109. The smallest absolute Gasteiger partial charge is 0.127 e. The Morgan fingerprint density at radius 2 is 1.62 bits per heavy atom. The number of benzene rings is 1. The zero-order valence-electron chi connectivity index (χ0n) is 14.5. The van der Waals surface area contributed by atoms with Crippen LogP contribution in [0, 0.1) is 5.92 Å². The first-order valence-corrected chi connectivity index (χ1v) is 8.27. The molecule has 0 saturated heterocycles. The number of carbonyl (C=O) groups is 1. The van der Waals surface area contributed by atoms with Gasteiger partial charge in [0, 0.05) is 5.92 Å². The van der Waals surface area contributed by atoms with Crippen LogP contribution in [0.1, 0.15) is 83.4 Å². The minimum atomic E-state index is 0.0381. The van der Waals surface area contributed by atoms with Gasteiger partial charge in [-0.25, -0.2) is 0 Å². The predicted molar refractivity (Wildman–Crippen MR) is 90.0 cm³/mol. The molecule has 1 atom stereocenters. The molecule has 1 nitrogen and oxygen atoms in total. The van der Waals surface area contributed by atoms with Gasteiger partial charge in [0.15, 0.2) is 0 Å². The van der Waals surface area contributed by atoms with Crippen LogP contribution < -0.4 is 0 Å². The third-order valence-corrected chi connectivity index (χ3v) is 5.19. The SMILES string of the molecule is CC(C)C[C@H](C=O)c1ccc2c(c1)C(C)(C)CCC2(C)C. The lowest BCUT2D eigenvalue weighted by atomic mass is 9.62. The van der Waals surface area contributed by atoms with Gasteiger partial charge in [-0.05, 0) is 52.7 Å². The lowest BCUT2D eigenvalue weighted by Crippen LogP contribution is -2.34. The van der Waals surface area contributed by atoms with Gasteiger partial charge in [-0.15, -0.1) is 0 Å². The number of fused-ring (bicyclic) bond motifs is 1. The topological polar surface area (TPSA) is 17.1 Å². The van der Waals surface area contributed by atoms with E-state index in [1.54, 1.807) is 0 Å². The van der Waals surface area contributed by atoms with Crippen molar-refractivity contribution in [2.75, 3.05) is 0 Å². The maximum Gasteiger partial charge on any atom is 0.127 e. The van der Waals surface area contributed by atoms with E-state index in [9.17, 15) is 4.79 Å². The van der Waals surface area contributed by atoms with Crippen LogP contribution in [-0.2, 0) is 15.6 Å². The summed E-state index contributed by atoms with van der Waals surface area (Å²) in [6, 6.07) is 6.78. The fraction of sp³-hybridized carbons (Fsp3) is 0.650. The predicted octanol–water partition coefficient (Wildman–Crippen LogP) is 5.36. The molecular weight excluding hydrogens is 256 g/mol. The normalized spacial score (nSPS) is 20.9. The zero-order chi connectivity index (χ0) is 15.8. The summed E-state index contributed by atoms with van der Waals surface area (Å²) >= 11 is 0. The van der Waals surface area contributed by atoms with Gasteiger partial charge in [-0.1, -0.05) is 59.7 Å². The van der Waals surface area contributed by atoms with Crippen LogP contribution in [0.2, 0.25) is 0 Å². The summed E-state index contributed by atoms with van der Waals surface area (Å²) in [4.78, 5) is 11.5. The number of rotatable bonds is 4. The average molecular weight is 286 g/mol. The van der Waals surface area contributed by atoms with E-state index in [1.165, 1.54) is 29.5 Å².